The molecule has 0 saturated heterocycles. The Hall–Kier alpha value is -1.03. The Labute approximate surface area is 84.5 Å². The lowest BCUT2D eigenvalue weighted by molar-refractivity contribution is 0.0694. The summed E-state index contributed by atoms with van der Waals surface area (Å²) in [6, 6.07) is 3.39. The van der Waals surface area contributed by atoms with Gasteiger partial charge in [0.05, 0.1) is 12.7 Å². The van der Waals surface area contributed by atoms with E-state index in [9.17, 15) is 4.79 Å². The number of halogens is 1. The zero-order chi connectivity index (χ0) is 10.0. The molecule has 4 heteroatoms. The molecule has 0 spiro atoms. The smallest absolute Gasteiger partial charge is 0.337 e. The molecule has 0 unspecified atom stereocenters. The van der Waals surface area contributed by atoms with Crippen LogP contribution in [0, 0.1) is 6.92 Å². The number of methoxy groups -OCH3 is 1. The third-order valence-electron chi connectivity index (χ3n) is 1.80. The Bertz CT molecular complexity index is 347. The molecule has 0 bridgehead atoms. The van der Waals surface area contributed by atoms with Gasteiger partial charge in [-0.25, -0.2) is 4.79 Å². The number of hydrogen-bond acceptors (Lipinski definition) is 2. The Kier molecular flexibility index (Phi) is 2.93. The maximum absolute atomic E-state index is 10.8. The van der Waals surface area contributed by atoms with E-state index in [-0.39, 0.29) is 5.56 Å². The number of rotatable bonds is 2. The average molecular weight is 245 g/mol. The summed E-state index contributed by atoms with van der Waals surface area (Å²) in [5, 5.41) is 8.88. The Morgan fingerprint density at radius 3 is 2.62 bits per heavy atom. The molecule has 0 fully saturated rings. The molecule has 1 N–H and O–H groups in total. The number of hydrogen-bond donors (Lipinski definition) is 1. The molecular weight excluding hydrogens is 236 g/mol. The minimum Gasteiger partial charge on any atom is -0.496 e. The summed E-state index contributed by atoms with van der Waals surface area (Å²) >= 11 is 3.17. The quantitative estimate of drug-likeness (QED) is 0.870. The molecule has 0 aliphatic carbocycles. The van der Waals surface area contributed by atoms with Gasteiger partial charge in [0, 0.05) is 10.0 Å². The summed E-state index contributed by atoms with van der Waals surface area (Å²) < 4.78 is 5.57. The van der Waals surface area contributed by atoms with Crippen molar-refractivity contribution in [3.63, 3.8) is 0 Å². The van der Waals surface area contributed by atoms with Gasteiger partial charge in [0.25, 0.3) is 0 Å². The van der Waals surface area contributed by atoms with Gasteiger partial charge in [0.15, 0.2) is 0 Å². The largest absolute Gasteiger partial charge is 0.496 e. The predicted octanol–water partition coefficient (Wildman–Crippen LogP) is 2.46. The van der Waals surface area contributed by atoms with Crippen molar-refractivity contribution in [1.82, 2.24) is 0 Å². The first-order chi connectivity index (χ1) is 6.07. The molecule has 0 amide bonds. The highest BCUT2D eigenvalue weighted by Crippen LogP contribution is 2.27. The third kappa shape index (κ3) is 1.83. The zero-order valence-corrected chi connectivity index (χ0v) is 8.88. The maximum Gasteiger partial charge on any atom is 0.337 e. The molecule has 1 aromatic carbocycles. The Morgan fingerprint density at radius 1 is 1.54 bits per heavy atom. The number of carboxylic acids is 1. The molecule has 0 atom stereocenters. The van der Waals surface area contributed by atoms with E-state index in [4.69, 9.17) is 9.84 Å². The summed E-state index contributed by atoms with van der Waals surface area (Å²) in [6.45, 7) is 1.72. The van der Waals surface area contributed by atoms with Crippen molar-refractivity contribution < 1.29 is 14.6 Å². The standard InChI is InChI=1S/C9H9BrO3/c1-5-7(13-2)4-3-6(10)8(5)9(11)12/h3-4H,1-2H3,(H,11,12). The Morgan fingerprint density at radius 2 is 2.15 bits per heavy atom. The predicted molar refractivity (Wildman–Crippen MR) is 52.4 cm³/mol. The van der Waals surface area contributed by atoms with Crippen LogP contribution in [0.2, 0.25) is 0 Å². The highest BCUT2D eigenvalue weighted by atomic mass is 79.9. The SMILES string of the molecule is COc1ccc(Br)c(C(=O)O)c1C. The van der Waals surface area contributed by atoms with E-state index >= 15 is 0 Å². The van der Waals surface area contributed by atoms with Gasteiger partial charge in [-0.15, -0.1) is 0 Å². The molecule has 0 aromatic heterocycles. The minimum atomic E-state index is -0.955. The van der Waals surface area contributed by atoms with Crippen LogP contribution in [0.4, 0.5) is 0 Å². The molecule has 1 aromatic rings. The first kappa shape index (κ1) is 10.1. The zero-order valence-electron chi connectivity index (χ0n) is 7.30. The van der Waals surface area contributed by atoms with Gasteiger partial charge in [-0.1, -0.05) is 0 Å². The van der Waals surface area contributed by atoms with Gasteiger partial charge in [-0.05, 0) is 35.0 Å². The second kappa shape index (κ2) is 3.79. The molecule has 0 aliphatic heterocycles. The highest BCUT2D eigenvalue weighted by molar-refractivity contribution is 9.10. The lowest BCUT2D eigenvalue weighted by Crippen LogP contribution is -2.02. The molecule has 13 heavy (non-hydrogen) atoms. The first-order valence-electron chi connectivity index (χ1n) is 3.64. The van der Waals surface area contributed by atoms with Crippen LogP contribution >= 0.6 is 15.9 Å². The summed E-state index contributed by atoms with van der Waals surface area (Å²) in [5.41, 5.74) is 0.878. The fraction of sp³-hybridized carbons (Fsp3) is 0.222. The lowest BCUT2D eigenvalue weighted by Gasteiger charge is -2.08. The monoisotopic (exact) mass is 244 g/mol. The number of carboxylic acid groups (broad SMARTS) is 1. The van der Waals surface area contributed by atoms with Crippen molar-refractivity contribution in [3.05, 3.63) is 27.7 Å². The van der Waals surface area contributed by atoms with E-state index in [0.29, 0.717) is 15.8 Å². The average Bonchev–Trinajstić information content (AvgIpc) is 2.04. The van der Waals surface area contributed by atoms with E-state index in [2.05, 4.69) is 15.9 Å². The highest BCUT2D eigenvalue weighted by Gasteiger charge is 2.14. The van der Waals surface area contributed by atoms with Gasteiger partial charge >= 0.3 is 5.97 Å². The molecule has 0 aliphatic rings. The minimum absolute atomic E-state index is 0.249. The van der Waals surface area contributed by atoms with Gasteiger partial charge in [0.2, 0.25) is 0 Å². The van der Waals surface area contributed by atoms with Crippen molar-refractivity contribution in [2.45, 2.75) is 6.92 Å². The summed E-state index contributed by atoms with van der Waals surface area (Å²) in [5.74, 6) is -0.371. The van der Waals surface area contributed by atoms with Crippen LogP contribution in [0.15, 0.2) is 16.6 Å². The van der Waals surface area contributed by atoms with Crippen molar-refractivity contribution in [2.75, 3.05) is 7.11 Å². The second-order valence-corrected chi connectivity index (χ2v) is 3.41. The molecule has 0 saturated carbocycles. The normalized spacial score (nSPS) is 9.77. The number of ether oxygens (including phenoxy) is 1. The van der Waals surface area contributed by atoms with Crippen LogP contribution in [-0.2, 0) is 0 Å². The molecule has 70 valence electrons. The van der Waals surface area contributed by atoms with Gasteiger partial charge < -0.3 is 9.84 Å². The maximum atomic E-state index is 10.8. The van der Waals surface area contributed by atoms with Gasteiger partial charge in [-0.2, -0.15) is 0 Å². The fourth-order valence-electron chi connectivity index (χ4n) is 1.14. The van der Waals surface area contributed by atoms with Crippen molar-refractivity contribution >= 4 is 21.9 Å². The van der Waals surface area contributed by atoms with Crippen LogP contribution in [0.3, 0.4) is 0 Å². The topological polar surface area (TPSA) is 46.5 Å². The van der Waals surface area contributed by atoms with Crippen LogP contribution < -0.4 is 4.74 Å². The van der Waals surface area contributed by atoms with E-state index in [1.165, 1.54) is 7.11 Å². The molecule has 0 radical (unpaired) electrons. The number of benzene rings is 1. The first-order valence-corrected chi connectivity index (χ1v) is 4.43. The van der Waals surface area contributed by atoms with Crippen LogP contribution in [0.1, 0.15) is 15.9 Å². The molecule has 3 nitrogen and oxygen atoms in total. The van der Waals surface area contributed by atoms with Gasteiger partial charge in [-0.3, -0.25) is 0 Å². The molecule has 1 rings (SSSR count). The van der Waals surface area contributed by atoms with Crippen molar-refractivity contribution in [3.8, 4) is 5.75 Å². The second-order valence-electron chi connectivity index (χ2n) is 2.55. The van der Waals surface area contributed by atoms with Crippen molar-refractivity contribution in [1.29, 1.82) is 0 Å². The number of carbonyl (C=O) groups is 1. The Balaban J connectivity index is 3.38. The summed E-state index contributed by atoms with van der Waals surface area (Å²) in [6.07, 6.45) is 0. The van der Waals surface area contributed by atoms with E-state index in [1.807, 2.05) is 0 Å². The number of aromatic carboxylic acids is 1. The fourth-order valence-corrected chi connectivity index (χ4v) is 1.74. The lowest BCUT2D eigenvalue weighted by atomic mass is 10.1. The van der Waals surface area contributed by atoms with Gasteiger partial charge in [0.1, 0.15) is 5.75 Å². The summed E-state index contributed by atoms with van der Waals surface area (Å²) in [7, 11) is 1.52. The van der Waals surface area contributed by atoms with Crippen LogP contribution in [0.5, 0.6) is 5.75 Å². The summed E-state index contributed by atoms with van der Waals surface area (Å²) in [4.78, 5) is 10.8. The van der Waals surface area contributed by atoms with Crippen LogP contribution in [0.25, 0.3) is 0 Å². The third-order valence-corrected chi connectivity index (χ3v) is 2.46. The van der Waals surface area contributed by atoms with Crippen molar-refractivity contribution in [2.24, 2.45) is 0 Å². The van der Waals surface area contributed by atoms with E-state index in [0.717, 1.165) is 0 Å². The van der Waals surface area contributed by atoms with E-state index < -0.39 is 5.97 Å². The van der Waals surface area contributed by atoms with Crippen LogP contribution in [-0.4, -0.2) is 18.2 Å². The molecular formula is C9H9BrO3. The van der Waals surface area contributed by atoms with E-state index in [1.54, 1.807) is 19.1 Å². The molecule has 0 heterocycles.